The monoisotopic (exact) mass is 350 g/mol. The lowest BCUT2D eigenvalue weighted by molar-refractivity contribution is 0.373. The van der Waals surface area contributed by atoms with Crippen LogP contribution in [-0.2, 0) is 0 Å². The molecule has 118 valence electrons. The standard InChI is InChI=1S/C20H31Br/c1-13-14(2)16(4)19(17(5)15(13)3)20(21)18-11-9-7-6-8-10-12-18/h18,20H,6-12H2,1-5H3. The van der Waals surface area contributed by atoms with Crippen molar-refractivity contribution in [3.63, 3.8) is 0 Å². The van der Waals surface area contributed by atoms with Gasteiger partial charge in [-0.3, -0.25) is 0 Å². The summed E-state index contributed by atoms with van der Waals surface area (Å²) in [4.78, 5) is 0.536. The smallest absolute Gasteiger partial charge is 0.0428 e. The number of halogens is 1. The van der Waals surface area contributed by atoms with Gasteiger partial charge in [0.1, 0.15) is 0 Å². The van der Waals surface area contributed by atoms with E-state index in [1.807, 2.05) is 0 Å². The van der Waals surface area contributed by atoms with Crippen molar-refractivity contribution in [2.24, 2.45) is 5.92 Å². The second kappa shape index (κ2) is 7.31. The maximum absolute atomic E-state index is 4.10. The lowest BCUT2D eigenvalue weighted by Crippen LogP contribution is -2.14. The molecule has 1 fully saturated rings. The molecule has 1 aliphatic rings. The Kier molecular flexibility index (Phi) is 5.94. The van der Waals surface area contributed by atoms with Crippen molar-refractivity contribution in [1.29, 1.82) is 0 Å². The Morgan fingerprint density at radius 1 is 0.667 bits per heavy atom. The van der Waals surface area contributed by atoms with E-state index in [0.717, 1.165) is 5.92 Å². The van der Waals surface area contributed by atoms with Crippen LogP contribution in [0.4, 0.5) is 0 Å². The fourth-order valence-corrected chi connectivity index (χ4v) is 5.17. The molecule has 1 heteroatoms. The SMILES string of the molecule is Cc1c(C)c(C)c(C(Br)C2CCCCCCC2)c(C)c1C. The number of hydrogen-bond acceptors (Lipinski definition) is 0. The molecule has 0 bridgehead atoms. The van der Waals surface area contributed by atoms with Gasteiger partial charge < -0.3 is 0 Å². The highest BCUT2D eigenvalue weighted by molar-refractivity contribution is 9.09. The van der Waals surface area contributed by atoms with E-state index < -0.39 is 0 Å². The van der Waals surface area contributed by atoms with Crippen LogP contribution >= 0.6 is 15.9 Å². The Labute approximate surface area is 139 Å². The van der Waals surface area contributed by atoms with E-state index in [1.54, 1.807) is 5.56 Å². The van der Waals surface area contributed by atoms with Crippen LogP contribution in [0, 0.1) is 40.5 Å². The second-order valence-electron chi connectivity index (χ2n) is 7.05. The summed E-state index contributed by atoms with van der Waals surface area (Å²) < 4.78 is 0. The van der Waals surface area contributed by atoms with E-state index in [9.17, 15) is 0 Å². The second-order valence-corrected chi connectivity index (χ2v) is 8.03. The molecule has 0 aliphatic heterocycles. The molecule has 0 amide bonds. The molecular weight excluding hydrogens is 320 g/mol. The first-order valence-electron chi connectivity index (χ1n) is 8.66. The largest absolute Gasteiger partial charge is 0.0836 e. The van der Waals surface area contributed by atoms with Crippen molar-refractivity contribution in [2.45, 2.75) is 84.4 Å². The fourth-order valence-electron chi connectivity index (χ4n) is 3.96. The van der Waals surface area contributed by atoms with Gasteiger partial charge in [-0.25, -0.2) is 0 Å². The van der Waals surface area contributed by atoms with E-state index >= 15 is 0 Å². The molecule has 0 heterocycles. The van der Waals surface area contributed by atoms with E-state index in [4.69, 9.17) is 0 Å². The number of hydrogen-bond donors (Lipinski definition) is 0. The van der Waals surface area contributed by atoms with Crippen molar-refractivity contribution < 1.29 is 0 Å². The molecule has 0 aromatic heterocycles. The lowest BCUT2D eigenvalue weighted by atomic mass is 9.81. The van der Waals surface area contributed by atoms with Gasteiger partial charge in [-0.15, -0.1) is 0 Å². The predicted octanol–water partition coefficient (Wildman–Crippen LogP) is 7.03. The van der Waals surface area contributed by atoms with Gasteiger partial charge in [0.05, 0.1) is 0 Å². The van der Waals surface area contributed by atoms with Crippen molar-refractivity contribution in [3.8, 4) is 0 Å². The maximum Gasteiger partial charge on any atom is 0.0428 e. The molecule has 0 radical (unpaired) electrons. The Morgan fingerprint density at radius 2 is 1.05 bits per heavy atom. The first-order chi connectivity index (χ1) is 9.95. The Morgan fingerprint density at radius 3 is 1.52 bits per heavy atom. The summed E-state index contributed by atoms with van der Waals surface area (Å²) in [5.74, 6) is 0.809. The minimum absolute atomic E-state index is 0.536. The third-order valence-electron chi connectivity index (χ3n) is 5.90. The molecule has 0 saturated heterocycles. The molecule has 0 N–H and O–H groups in total. The van der Waals surface area contributed by atoms with E-state index in [-0.39, 0.29) is 0 Å². The van der Waals surface area contributed by atoms with Crippen molar-refractivity contribution in [3.05, 3.63) is 33.4 Å². The molecule has 2 rings (SSSR count). The third kappa shape index (κ3) is 3.55. The minimum Gasteiger partial charge on any atom is -0.0836 e. The van der Waals surface area contributed by atoms with Crippen LogP contribution in [0.1, 0.15) is 83.2 Å². The normalized spacial score (nSPS) is 19.1. The maximum atomic E-state index is 4.10. The topological polar surface area (TPSA) is 0 Å². The number of rotatable bonds is 2. The van der Waals surface area contributed by atoms with Gasteiger partial charge in [0.2, 0.25) is 0 Å². The van der Waals surface area contributed by atoms with Gasteiger partial charge >= 0.3 is 0 Å². The summed E-state index contributed by atoms with van der Waals surface area (Å²) in [5.41, 5.74) is 9.07. The summed E-state index contributed by atoms with van der Waals surface area (Å²) in [6.45, 7) is 11.5. The molecule has 21 heavy (non-hydrogen) atoms. The molecule has 1 aromatic carbocycles. The summed E-state index contributed by atoms with van der Waals surface area (Å²) in [6, 6.07) is 0. The number of benzene rings is 1. The van der Waals surface area contributed by atoms with Gasteiger partial charge in [-0.05, 0) is 86.8 Å². The molecule has 1 atom stereocenters. The van der Waals surface area contributed by atoms with E-state index in [1.165, 1.54) is 72.8 Å². The van der Waals surface area contributed by atoms with Gasteiger partial charge in [0.25, 0.3) is 0 Å². The molecule has 1 aromatic rings. The van der Waals surface area contributed by atoms with Gasteiger partial charge in [-0.1, -0.05) is 48.0 Å². The zero-order valence-electron chi connectivity index (χ0n) is 14.5. The first kappa shape index (κ1) is 17.1. The van der Waals surface area contributed by atoms with Crippen LogP contribution in [0.5, 0.6) is 0 Å². The van der Waals surface area contributed by atoms with Crippen LogP contribution in [0.2, 0.25) is 0 Å². The fraction of sp³-hybridized carbons (Fsp3) is 0.700. The molecule has 0 nitrogen and oxygen atoms in total. The highest BCUT2D eigenvalue weighted by atomic mass is 79.9. The molecule has 0 spiro atoms. The zero-order chi connectivity index (χ0) is 15.6. The Hall–Kier alpha value is -0.300. The summed E-state index contributed by atoms with van der Waals surface area (Å²) in [6.07, 6.45) is 9.91. The molecular formula is C20H31Br. The average molecular weight is 351 g/mol. The third-order valence-corrected chi connectivity index (χ3v) is 7.10. The quantitative estimate of drug-likeness (QED) is 0.502. The molecule has 1 saturated carbocycles. The van der Waals surface area contributed by atoms with Crippen LogP contribution < -0.4 is 0 Å². The highest BCUT2D eigenvalue weighted by Crippen LogP contribution is 2.43. The Balaban J connectivity index is 2.35. The lowest BCUT2D eigenvalue weighted by Gasteiger charge is -2.29. The van der Waals surface area contributed by atoms with Crippen molar-refractivity contribution in [2.75, 3.05) is 0 Å². The van der Waals surface area contributed by atoms with Crippen LogP contribution in [-0.4, -0.2) is 0 Å². The van der Waals surface area contributed by atoms with Gasteiger partial charge in [-0.2, -0.15) is 0 Å². The molecule has 1 unspecified atom stereocenters. The van der Waals surface area contributed by atoms with Crippen LogP contribution in [0.25, 0.3) is 0 Å². The summed E-state index contributed by atoms with van der Waals surface area (Å²) >= 11 is 4.10. The number of alkyl halides is 1. The minimum atomic E-state index is 0.536. The van der Waals surface area contributed by atoms with Crippen molar-refractivity contribution >= 4 is 15.9 Å². The van der Waals surface area contributed by atoms with Crippen molar-refractivity contribution in [1.82, 2.24) is 0 Å². The predicted molar refractivity (Wildman–Crippen MR) is 97.6 cm³/mol. The summed E-state index contributed by atoms with van der Waals surface area (Å²) in [5, 5.41) is 0. The van der Waals surface area contributed by atoms with Crippen LogP contribution in [0.3, 0.4) is 0 Å². The van der Waals surface area contributed by atoms with Gasteiger partial charge in [0.15, 0.2) is 0 Å². The van der Waals surface area contributed by atoms with E-state index in [0.29, 0.717) is 4.83 Å². The van der Waals surface area contributed by atoms with Gasteiger partial charge in [0, 0.05) is 4.83 Å². The first-order valence-corrected chi connectivity index (χ1v) is 9.57. The zero-order valence-corrected chi connectivity index (χ0v) is 16.1. The Bertz CT molecular complexity index is 464. The van der Waals surface area contributed by atoms with Crippen LogP contribution in [0.15, 0.2) is 0 Å². The summed E-state index contributed by atoms with van der Waals surface area (Å²) in [7, 11) is 0. The average Bonchev–Trinajstić information content (AvgIpc) is 2.43. The van der Waals surface area contributed by atoms with E-state index in [2.05, 4.69) is 50.5 Å². The molecule has 1 aliphatic carbocycles. The highest BCUT2D eigenvalue weighted by Gasteiger charge is 2.25.